The van der Waals surface area contributed by atoms with Crippen molar-refractivity contribution in [2.24, 2.45) is 0 Å². The van der Waals surface area contributed by atoms with E-state index in [-0.39, 0.29) is 0 Å². The van der Waals surface area contributed by atoms with E-state index in [1.165, 1.54) is 43.6 Å². The molecule has 0 atom stereocenters. The highest BCUT2D eigenvalue weighted by Crippen LogP contribution is 2.43. The molecule has 258 valence electrons. The second-order valence-corrected chi connectivity index (χ2v) is 14.3. The molecule has 4 heteroatoms. The van der Waals surface area contributed by atoms with E-state index in [0.29, 0.717) is 17.5 Å². The van der Waals surface area contributed by atoms with Gasteiger partial charge in [0.25, 0.3) is 0 Å². The minimum Gasteiger partial charge on any atom is -0.456 e. The largest absolute Gasteiger partial charge is 0.456 e. The normalized spacial score (nSPS) is 13.2. The molecule has 0 saturated heterocycles. The van der Waals surface area contributed by atoms with Gasteiger partial charge < -0.3 is 4.42 Å². The quantitative estimate of drug-likeness (QED) is 0.167. The number of benzene rings is 8. The van der Waals surface area contributed by atoms with Gasteiger partial charge in [-0.05, 0) is 91.7 Å². The minimum absolute atomic E-state index is 0.622. The highest BCUT2D eigenvalue weighted by Gasteiger charge is 2.24. The number of hydrogen-bond acceptors (Lipinski definition) is 4. The van der Waals surface area contributed by atoms with Crippen LogP contribution in [0.1, 0.15) is 24.0 Å². The van der Waals surface area contributed by atoms with Crippen molar-refractivity contribution in [3.05, 3.63) is 187 Å². The molecule has 0 saturated carbocycles. The number of allylic oxidation sites excluding steroid dienone is 4. The molecule has 1 aliphatic carbocycles. The van der Waals surface area contributed by atoms with Crippen molar-refractivity contribution in [3.8, 4) is 34.2 Å². The molecule has 4 nitrogen and oxygen atoms in total. The molecule has 1 aliphatic rings. The van der Waals surface area contributed by atoms with Crippen LogP contribution in [0, 0.1) is 0 Å². The molecule has 0 bridgehead atoms. The first-order chi connectivity index (χ1) is 27.2. The summed E-state index contributed by atoms with van der Waals surface area (Å²) in [6.45, 7) is 0. The summed E-state index contributed by atoms with van der Waals surface area (Å²) in [5.74, 6) is 1.88. The maximum Gasteiger partial charge on any atom is 0.165 e. The number of hydrogen-bond donors (Lipinski definition) is 0. The molecule has 11 rings (SSSR count). The molecule has 2 heterocycles. The molecular formula is C51H33N3O. The summed E-state index contributed by atoms with van der Waals surface area (Å²) in [5, 5.41) is 9.11. The molecule has 0 unspecified atom stereocenters. The number of nitrogens with zero attached hydrogens (tertiary/aromatic N) is 3. The van der Waals surface area contributed by atoms with Crippen molar-refractivity contribution >= 4 is 65.4 Å². The zero-order valence-corrected chi connectivity index (χ0v) is 29.9. The van der Waals surface area contributed by atoms with Crippen LogP contribution in [-0.2, 0) is 0 Å². The van der Waals surface area contributed by atoms with Crippen LogP contribution in [0.25, 0.3) is 99.6 Å². The van der Waals surface area contributed by atoms with E-state index in [1.54, 1.807) is 0 Å². The van der Waals surface area contributed by atoms with Gasteiger partial charge in [0.1, 0.15) is 11.2 Å². The first kappa shape index (κ1) is 31.4. The molecule has 0 amide bonds. The Bertz CT molecular complexity index is 3210. The fraction of sp³-hybridized carbons (Fsp3) is 0.0392. The van der Waals surface area contributed by atoms with E-state index >= 15 is 0 Å². The van der Waals surface area contributed by atoms with Gasteiger partial charge >= 0.3 is 0 Å². The summed E-state index contributed by atoms with van der Waals surface area (Å²) in [6.07, 6.45) is 6.38. The van der Waals surface area contributed by atoms with Crippen LogP contribution in [0.3, 0.4) is 0 Å². The summed E-state index contributed by atoms with van der Waals surface area (Å²) in [5.41, 5.74) is 9.43. The van der Waals surface area contributed by atoms with Gasteiger partial charge in [-0.3, -0.25) is 0 Å². The van der Waals surface area contributed by atoms with Crippen molar-refractivity contribution in [2.45, 2.75) is 12.8 Å². The highest BCUT2D eigenvalue weighted by molar-refractivity contribution is 6.14. The van der Waals surface area contributed by atoms with Crippen molar-refractivity contribution in [1.82, 2.24) is 15.0 Å². The SMILES string of the molecule is C1=C(c2ccccc2)CCC(c2ccc3oc4ccccc4c3c2-c2nc(-c3ccc4ccccc4c3)nc(-c3ccc4ccc5ccccc5c4c3)n2)=C1. The van der Waals surface area contributed by atoms with Crippen LogP contribution in [0.4, 0.5) is 0 Å². The highest BCUT2D eigenvalue weighted by atomic mass is 16.3. The van der Waals surface area contributed by atoms with Crippen molar-refractivity contribution in [2.75, 3.05) is 0 Å². The fourth-order valence-electron chi connectivity index (χ4n) is 8.29. The van der Waals surface area contributed by atoms with Gasteiger partial charge in [-0.1, -0.05) is 152 Å². The van der Waals surface area contributed by atoms with Gasteiger partial charge in [-0.25, -0.2) is 15.0 Å². The van der Waals surface area contributed by atoms with Gasteiger partial charge in [0.2, 0.25) is 0 Å². The Morgan fingerprint density at radius 3 is 1.78 bits per heavy atom. The second-order valence-electron chi connectivity index (χ2n) is 14.3. The van der Waals surface area contributed by atoms with Crippen molar-refractivity contribution < 1.29 is 4.42 Å². The molecule has 0 fully saturated rings. The maximum atomic E-state index is 6.50. The molecule has 55 heavy (non-hydrogen) atoms. The van der Waals surface area contributed by atoms with Gasteiger partial charge in [-0.2, -0.15) is 0 Å². The number of para-hydroxylation sites is 1. The number of fused-ring (bicyclic) bond motifs is 7. The zero-order chi connectivity index (χ0) is 36.3. The molecule has 0 N–H and O–H groups in total. The van der Waals surface area contributed by atoms with Crippen LogP contribution >= 0.6 is 0 Å². The fourth-order valence-corrected chi connectivity index (χ4v) is 8.29. The first-order valence-corrected chi connectivity index (χ1v) is 18.8. The van der Waals surface area contributed by atoms with E-state index in [9.17, 15) is 0 Å². The molecular weight excluding hydrogens is 671 g/mol. The Morgan fingerprint density at radius 2 is 0.982 bits per heavy atom. The van der Waals surface area contributed by atoms with Gasteiger partial charge in [0.05, 0.1) is 0 Å². The average molecular weight is 704 g/mol. The molecule has 2 aromatic heterocycles. The Kier molecular flexibility index (Phi) is 7.27. The Balaban J connectivity index is 1.19. The molecule has 0 spiro atoms. The van der Waals surface area contributed by atoms with Crippen LogP contribution in [0.2, 0.25) is 0 Å². The molecule has 0 radical (unpaired) electrons. The van der Waals surface area contributed by atoms with E-state index in [0.717, 1.165) is 62.4 Å². The Morgan fingerprint density at radius 1 is 0.382 bits per heavy atom. The van der Waals surface area contributed by atoms with E-state index < -0.39 is 0 Å². The van der Waals surface area contributed by atoms with Gasteiger partial charge in [-0.15, -0.1) is 0 Å². The average Bonchev–Trinajstić information content (AvgIpc) is 3.65. The number of aromatic nitrogens is 3. The summed E-state index contributed by atoms with van der Waals surface area (Å²) >= 11 is 0. The van der Waals surface area contributed by atoms with Crippen molar-refractivity contribution in [1.29, 1.82) is 0 Å². The first-order valence-electron chi connectivity index (χ1n) is 18.8. The smallest absolute Gasteiger partial charge is 0.165 e. The lowest BCUT2D eigenvalue weighted by atomic mass is 9.86. The van der Waals surface area contributed by atoms with E-state index in [4.69, 9.17) is 19.4 Å². The maximum absolute atomic E-state index is 6.50. The van der Waals surface area contributed by atoms with E-state index in [2.05, 4.69) is 164 Å². The topological polar surface area (TPSA) is 51.8 Å². The minimum atomic E-state index is 0.622. The monoisotopic (exact) mass is 703 g/mol. The Hall–Kier alpha value is -7.17. The van der Waals surface area contributed by atoms with Crippen LogP contribution in [0.5, 0.6) is 0 Å². The third-order valence-electron chi connectivity index (χ3n) is 11.1. The number of rotatable bonds is 5. The molecule has 10 aromatic rings. The van der Waals surface area contributed by atoms with Gasteiger partial charge in [0.15, 0.2) is 17.5 Å². The third kappa shape index (κ3) is 5.42. The van der Waals surface area contributed by atoms with Gasteiger partial charge in [0, 0.05) is 27.5 Å². The van der Waals surface area contributed by atoms with Crippen LogP contribution in [-0.4, -0.2) is 15.0 Å². The third-order valence-corrected chi connectivity index (χ3v) is 11.1. The van der Waals surface area contributed by atoms with Crippen LogP contribution < -0.4 is 0 Å². The lowest BCUT2D eigenvalue weighted by molar-refractivity contribution is 0.669. The summed E-state index contributed by atoms with van der Waals surface area (Å²) < 4.78 is 6.50. The summed E-state index contributed by atoms with van der Waals surface area (Å²) in [6, 6.07) is 57.5. The lowest BCUT2D eigenvalue weighted by Crippen LogP contribution is -2.03. The predicted octanol–water partition coefficient (Wildman–Crippen LogP) is 13.5. The second kappa shape index (κ2) is 12.8. The summed E-state index contributed by atoms with van der Waals surface area (Å²) in [4.78, 5) is 16.0. The molecule has 0 aliphatic heterocycles. The van der Waals surface area contributed by atoms with E-state index in [1.807, 2.05) is 12.1 Å². The molecule has 8 aromatic carbocycles. The Labute approximate surface area is 317 Å². The zero-order valence-electron chi connectivity index (χ0n) is 29.9. The predicted molar refractivity (Wildman–Crippen MR) is 228 cm³/mol. The standard InChI is InChI=1S/C51H33N3O/c1-2-10-32(11-3-1)34-18-21-36(22-19-34)42-28-29-46-47(43-16-8-9-17-45(43)55-46)48(42)51-53-49(39-26-20-33-12-4-5-14-38(33)30-39)52-50(54-51)40-27-25-37-24-23-35-13-6-7-15-41(35)44(37)31-40/h1-18,20-21,23-31H,19,22H2. The lowest BCUT2D eigenvalue weighted by Gasteiger charge is -2.19. The number of furan rings is 1. The summed E-state index contributed by atoms with van der Waals surface area (Å²) in [7, 11) is 0. The van der Waals surface area contributed by atoms with Crippen LogP contribution in [0.15, 0.2) is 180 Å². The van der Waals surface area contributed by atoms with Crippen molar-refractivity contribution in [3.63, 3.8) is 0 Å².